The molecule has 3 aromatic rings. The second kappa shape index (κ2) is 9.05. The van der Waals surface area contributed by atoms with Gasteiger partial charge in [0, 0.05) is 29.9 Å². The molecule has 0 saturated carbocycles. The van der Waals surface area contributed by atoms with E-state index in [4.69, 9.17) is 4.74 Å². The maximum atomic E-state index is 12.9. The van der Waals surface area contributed by atoms with E-state index in [1.54, 1.807) is 13.2 Å². The highest BCUT2D eigenvalue weighted by Gasteiger charge is 2.23. The van der Waals surface area contributed by atoms with Crippen LogP contribution < -0.4 is 10.6 Å². The molecule has 0 saturated heterocycles. The summed E-state index contributed by atoms with van der Waals surface area (Å²) < 4.78 is 4.97. The van der Waals surface area contributed by atoms with Gasteiger partial charge in [-0.05, 0) is 31.4 Å². The number of ether oxygens (including phenoxy) is 1. The van der Waals surface area contributed by atoms with Crippen molar-refractivity contribution in [3.63, 3.8) is 0 Å². The monoisotopic (exact) mass is 396 g/mol. The van der Waals surface area contributed by atoms with Crippen molar-refractivity contribution in [1.82, 2.24) is 20.6 Å². The predicted octanol–water partition coefficient (Wildman–Crippen LogP) is 2.93. The third kappa shape index (κ3) is 4.74. The molecule has 1 atom stereocenters. The van der Waals surface area contributed by atoms with E-state index >= 15 is 0 Å². The van der Waals surface area contributed by atoms with Crippen LogP contribution in [0.25, 0.3) is 21.8 Å². The number of aromatic nitrogens is 2. The number of carbonyl (C=O) groups is 2. The highest BCUT2D eigenvalue weighted by molar-refractivity contribution is 6.10. The van der Waals surface area contributed by atoms with Gasteiger partial charge in [-0.1, -0.05) is 32.0 Å². The number of nitrogens with zero attached hydrogens (tertiary/aromatic N) is 1. The lowest BCUT2D eigenvalue weighted by molar-refractivity contribution is -0.123. The van der Waals surface area contributed by atoms with E-state index in [1.165, 1.54) is 0 Å². The first-order valence-corrected chi connectivity index (χ1v) is 9.86. The molecule has 0 bridgehead atoms. The van der Waals surface area contributed by atoms with Crippen LogP contribution in [0.4, 0.5) is 0 Å². The Hall–Kier alpha value is -2.93. The van der Waals surface area contributed by atoms with E-state index < -0.39 is 6.04 Å². The Morgan fingerprint density at radius 1 is 1.21 bits per heavy atom. The molecule has 3 rings (SSSR count). The Bertz CT molecular complexity index is 1030. The summed E-state index contributed by atoms with van der Waals surface area (Å²) in [7, 11) is 1.58. The van der Waals surface area contributed by atoms with Gasteiger partial charge in [-0.2, -0.15) is 0 Å². The van der Waals surface area contributed by atoms with E-state index in [-0.39, 0.29) is 17.7 Å². The summed E-state index contributed by atoms with van der Waals surface area (Å²) in [6, 6.07) is 9.10. The topological polar surface area (TPSA) is 96.1 Å². The Morgan fingerprint density at radius 3 is 2.69 bits per heavy atom. The molecular weight excluding hydrogens is 368 g/mol. The smallest absolute Gasteiger partial charge is 0.270 e. The molecule has 0 spiro atoms. The minimum Gasteiger partial charge on any atom is -0.383 e. The summed E-state index contributed by atoms with van der Waals surface area (Å²) in [4.78, 5) is 33.3. The quantitative estimate of drug-likeness (QED) is 0.510. The van der Waals surface area contributed by atoms with Gasteiger partial charge >= 0.3 is 0 Å². The summed E-state index contributed by atoms with van der Waals surface area (Å²) in [5.41, 5.74) is 2.96. The summed E-state index contributed by atoms with van der Waals surface area (Å²) in [6.45, 7) is 6.73. The molecule has 1 unspecified atom stereocenters. The predicted molar refractivity (Wildman–Crippen MR) is 114 cm³/mol. The first-order chi connectivity index (χ1) is 13.9. The van der Waals surface area contributed by atoms with Crippen molar-refractivity contribution in [2.75, 3.05) is 20.3 Å². The van der Waals surface area contributed by atoms with Crippen LogP contribution in [0.1, 0.15) is 36.5 Å². The highest BCUT2D eigenvalue weighted by atomic mass is 16.5. The van der Waals surface area contributed by atoms with E-state index in [0.29, 0.717) is 25.3 Å². The summed E-state index contributed by atoms with van der Waals surface area (Å²) in [6.07, 6.45) is 0.541. The Morgan fingerprint density at radius 2 is 1.97 bits per heavy atom. The van der Waals surface area contributed by atoms with Crippen molar-refractivity contribution < 1.29 is 14.3 Å². The molecule has 0 radical (unpaired) electrons. The van der Waals surface area contributed by atoms with Gasteiger partial charge in [-0.15, -0.1) is 0 Å². The third-order valence-electron chi connectivity index (χ3n) is 4.84. The van der Waals surface area contributed by atoms with Gasteiger partial charge in [0.05, 0.1) is 17.8 Å². The van der Waals surface area contributed by atoms with Crippen LogP contribution in [0.5, 0.6) is 0 Å². The maximum absolute atomic E-state index is 12.9. The van der Waals surface area contributed by atoms with E-state index in [9.17, 15) is 9.59 Å². The number of carbonyl (C=O) groups excluding carboxylic acids is 2. The Labute approximate surface area is 170 Å². The number of aromatic amines is 1. The number of amides is 2. The number of methoxy groups -OCH3 is 1. The first-order valence-electron chi connectivity index (χ1n) is 9.86. The van der Waals surface area contributed by atoms with Crippen molar-refractivity contribution in [1.29, 1.82) is 0 Å². The zero-order chi connectivity index (χ0) is 21.0. The number of aryl methyl sites for hydroxylation is 1. The molecule has 0 fully saturated rings. The first kappa shape index (κ1) is 20.8. The van der Waals surface area contributed by atoms with Crippen molar-refractivity contribution in [2.24, 2.45) is 5.92 Å². The molecule has 1 aromatic carbocycles. The second-order valence-electron chi connectivity index (χ2n) is 7.63. The van der Waals surface area contributed by atoms with Crippen LogP contribution in [0.2, 0.25) is 0 Å². The molecule has 2 heterocycles. The lowest BCUT2D eigenvalue weighted by Crippen LogP contribution is -2.48. The van der Waals surface area contributed by atoms with Gasteiger partial charge < -0.3 is 20.4 Å². The number of pyridine rings is 1. The van der Waals surface area contributed by atoms with E-state index in [2.05, 4.69) is 20.6 Å². The normalized spacial score (nSPS) is 12.4. The fourth-order valence-corrected chi connectivity index (χ4v) is 3.46. The zero-order valence-corrected chi connectivity index (χ0v) is 17.3. The minimum absolute atomic E-state index is 0.214. The van der Waals surface area contributed by atoms with Crippen LogP contribution in [0.3, 0.4) is 0 Å². The largest absolute Gasteiger partial charge is 0.383 e. The molecule has 7 nitrogen and oxygen atoms in total. The number of para-hydroxylation sites is 1. The number of rotatable bonds is 8. The molecule has 0 aliphatic carbocycles. The Balaban J connectivity index is 1.86. The van der Waals surface area contributed by atoms with Crippen molar-refractivity contribution in [3.8, 4) is 0 Å². The van der Waals surface area contributed by atoms with E-state index in [0.717, 1.165) is 27.5 Å². The number of hydrogen-bond acceptors (Lipinski definition) is 4. The number of hydrogen-bond donors (Lipinski definition) is 3. The van der Waals surface area contributed by atoms with Gasteiger partial charge in [-0.25, -0.2) is 4.98 Å². The second-order valence-corrected chi connectivity index (χ2v) is 7.63. The average Bonchev–Trinajstić information content (AvgIpc) is 3.06. The van der Waals surface area contributed by atoms with Crippen LogP contribution >= 0.6 is 0 Å². The van der Waals surface area contributed by atoms with Gasteiger partial charge in [0.25, 0.3) is 5.91 Å². The number of H-pyrrole nitrogens is 1. The number of benzene rings is 1. The van der Waals surface area contributed by atoms with Crippen molar-refractivity contribution in [2.45, 2.75) is 33.2 Å². The molecule has 0 aliphatic rings. The summed E-state index contributed by atoms with van der Waals surface area (Å²) in [5.74, 6) is -0.318. The standard InChI is InChI=1S/C22H28N4O3/c1-13(2)11-18(21(27)23-9-10-29-4)26-22(28)19-12-16-15-7-5-6-8-17(15)25-20(16)14(3)24-19/h5-8,12-13,18,25H,9-11H2,1-4H3,(H,23,27)(H,26,28). The molecule has 3 N–H and O–H groups in total. The molecular formula is C22H28N4O3. The molecule has 29 heavy (non-hydrogen) atoms. The summed E-state index contributed by atoms with van der Waals surface area (Å²) >= 11 is 0. The highest BCUT2D eigenvalue weighted by Crippen LogP contribution is 2.27. The van der Waals surface area contributed by atoms with Crippen LogP contribution in [-0.4, -0.2) is 48.1 Å². The maximum Gasteiger partial charge on any atom is 0.270 e. The fraction of sp³-hybridized carbons (Fsp3) is 0.409. The molecule has 2 aromatic heterocycles. The van der Waals surface area contributed by atoms with E-state index in [1.807, 2.05) is 45.0 Å². The summed E-state index contributed by atoms with van der Waals surface area (Å²) in [5, 5.41) is 7.65. The fourth-order valence-electron chi connectivity index (χ4n) is 3.46. The molecule has 154 valence electrons. The SMILES string of the molecule is COCCNC(=O)C(CC(C)C)NC(=O)c1cc2c([nH]c3ccccc32)c(C)n1. The Kier molecular flexibility index (Phi) is 6.49. The number of nitrogens with one attached hydrogen (secondary N) is 3. The average molecular weight is 396 g/mol. The minimum atomic E-state index is -0.625. The third-order valence-corrected chi connectivity index (χ3v) is 4.84. The van der Waals surface area contributed by atoms with Gasteiger partial charge in [-0.3, -0.25) is 9.59 Å². The van der Waals surface area contributed by atoms with Crippen LogP contribution in [0, 0.1) is 12.8 Å². The molecule has 7 heteroatoms. The van der Waals surface area contributed by atoms with Crippen LogP contribution in [0.15, 0.2) is 30.3 Å². The van der Waals surface area contributed by atoms with Crippen molar-refractivity contribution in [3.05, 3.63) is 41.7 Å². The lowest BCUT2D eigenvalue weighted by atomic mass is 10.0. The van der Waals surface area contributed by atoms with Gasteiger partial charge in [0.1, 0.15) is 11.7 Å². The number of fused-ring (bicyclic) bond motifs is 3. The molecule has 0 aliphatic heterocycles. The van der Waals surface area contributed by atoms with Crippen molar-refractivity contribution >= 4 is 33.6 Å². The lowest BCUT2D eigenvalue weighted by Gasteiger charge is -2.20. The van der Waals surface area contributed by atoms with Gasteiger partial charge in [0.2, 0.25) is 5.91 Å². The van der Waals surface area contributed by atoms with Gasteiger partial charge in [0.15, 0.2) is 0 Å². The van der Waals surface area contributed by atoms with Crippen LogP contribution in [-0.2, 0) is 9.53 Å². The zero-order valence-electron chi connectivity index (χ0n) is 17.3. The molecule has 2 amide bonds.